The van der Waals surface area contributed by atoms with Gasteiger partial charge in [-0.15, -0.1) is 5.10 Å². The van der Waals surface area contributed by atoms with Crippen LogP contribution in [0.25, 0.3) is 11.5 Å². The van der Waals surface area contributed by atoms with E-state index in [0.29, 0.717) is 12.2 Å². The first-order chi connectivity index (χ1) is 10.5. The van der Waals surface area contributed by atoms with Crippen molar-refractivity contribution >= 4 is 12.2 Å². The molecule has 7 heteroatoms. The highest BCUT2D eigenvalue weighted by Crippen LogP contribution is 2.21. The molecule has 0 amide bonds. The van der Waals surface area contributed by atoms with Crippen LogP contribution in [0.5, 0.6) is 0 Å². The molecule has 0 spiro atoms. The van der Waals surface area contributed by atoms with Gasteiger partial charge in [-0.25, -0.2) is 9.07 Å². The van der Waals surface area contributed by atoms with Gasteiger partial charge in [-0.2, -0.15) is 0 Å². The van der Waals surface area contributed by atoms with Crippen molar-refractivity contribution in [3.8, 4) is 11.5 Å². The number of aromatic nitrogens is 2. The van der Waals surface area contributed by atoms with Gasteiger partial charge < -0.3 is 9.15 Å². The van der Waals surface area contributed by atoms with E-state index in [2.05, 4.69) is 10.00 Å². The smallest absolute Gasteiger partial charge is 0.288 e. The first-order valence-corrected chi connectivity index (χ1v) is 7.64. The Balaban J connectivity index is 1.81. The molecule has 3 rings (SSSR count). The van der Waals surface area contributed by atoms with E-state index in [1.807, 2.05) is 13.8 Å². The minimum absolute atomic E-state index is 0.163. The molecule has 118 valence electrons. The molecule has 1 aromatic heterocycles. The SMILES string of the molecule is C[C@H]1CN(Cn2nc(-c3ccccc3F)oc2=S)C[C@H](C)O1. The van der Waals surface area contributed by atoms with E-state index in [9.17, 15) is 4.39 Å². The van der Waals surface area contributed by atoms with Crippen molar-refractivity contribution in [2.75, 3.05) is 13.1 Å². The zero-order chi connectivity index (χ0) is 15.7. The fourth-order valence-electron chi connectivity index (χ4n) is 2.73. The monoisotopic (exact) mass is 323 g/mol. The number of benzene rings is 1. The highest BCUT2D eigenvalue weighted by Gasteiger charge is 2.23. The summed E-state index contributed by atoms with van der Waals surface area (Å²) in [5, 5.41) is 4.31. The van der Waals surface area contributed by atoms with Crippen LogP contribution in [0.3, 0.4) is 0 Å². The number of hydrogen-bond acceptors (Lipinski definition) is 5. The van der Waals surface area contributed by atoms with Crippen molar-refractivity contribution < 1.29 is 13.5 Å². The van der Waals surface area contributed by atoms with Gasteiger partial charge in [0.15, 0.2) is 0 Å². The van der Waals surface area contributed by atoms with Crippen LogP contribution < -0.4 is 0 Å². The first-order valence-electron chi connectivity index (χ1n) is 7.23. The molecule has 1 aliphatic rings. The summed E-state index contributed by atoms with van der Waals surface area (Å²) in [4.78, 5) is 2.44. The maximum Gasteiger partial charge on any atom is 0.288 e. The quantitative estimate of drug-likeness (QED) is 0.812. The number of ether oxygens (including phenoxy) is 1. The molecule has 5 nitrogen and oxygen atoms in total. The lowest BCUT2D eigenvalue weighted by Crippen LogP contribution is -2.46. The third kappa shape index (κ3) is 3.26. The Morgan fingerprint density at radius 2 is 1.95 bits per heavy atom. The maximum atomic E-state index is 13.8. The third-order valence-corrected chi connectivity index (χ3v) is 3.83. The number of nitrogens with zero attached hydrogens (tertiary/aromatic N) is 3. The predicted molar refractivity (Wildman–Crippen MR) is 82.3 cm³/mol. The maximum absolute atomic E-state index is 13.8. The molecule has 0 N–H and O–H groups in total. The van der Waals surface area contributed by atoms with Crippen LogP contribution >= 0.6 is 12.2 Å². The van der Waals surface area contributed by atoms with Crippen molar-refractivity contribution in [1.29, 1.82) is 0 Å². The molecule has 22 heavy (non-hydrogen) atoms. The van der Waals surface area contributed by atoms with Gasteiger partial charge in [0.2, 0.25) is 5.89 Å². The molecule has 1 aromatic carbocycles. The van der Waals surface area contributed by atoms with Gasteiger partial charge in [0, 0.05) is 13.1 Å². The first kappa shape index (κ1) is 15.3. The molecule has 1 fully saturated rings. The summed E-state index contributed by atoms with van der Waals surface area (Å²) in [6, 6.07) is 6.36. The van der Waals surface area contributed by atoms with Crippen molar-refractivity contribution in [1.82, 2.24) is 14.7 Å². The summed E-state index contributed by atoms with van der Waals surface area (Å²) in [6.45, 7) is 6.18. The van der Waals surface area contributed by atoms with Crippen molar-refractivity contribution in [3.05, 3.63) is 34.9 Å². The number of hydrogen-bond donors (Lipinski definition) is 0. The summed E-state index contributed by atoms with van der Waals surface area (Å²) >= 11 is 5.20. The summed E-state index contributed by atoms with van der Waals surface area (Å²) in [7, 11) is 0. The Morgan fingerprint density at radius 3 is 2.64 bits per heavy atom. The van der Waals surface area contributed by atoms with Crippen LogP contribution in [0.1, 0.15) is 13.8 Å². The fraction of sp³-hybridized carbons (Fsp3) is 0.467. The minimum atomic E-state index is -0.375. The van der Waals surface area contributed by atoms with E-state index >= 15 is 0 Å². The summed E-state index contributed by atoms with van der Waals surface area (Å²) in [5.74, 6) is -0.169. The average Bonchev–Trinajstić information content (AvgIpc) is 2.79. The minimum Gasteiger partial charge on any atom is -0.409 e. The molecule has 2 atom stereocenters. The lowest BCUT2D eigenvalue weighted by molar-refractivity contribution is -0.0778. The fourth-order valence-corrected chi connectivity index (χ4v) is 2.91. The van der Waals surface area contributed by atoms with E-state index in [-0.39, 0.29) is 28.8 Å². The van der Waals surface area contributed by atoms with E-state index < -0.39 is 0 Å². The van der Waals surface area contributed by atoms with Crippen molar-refractivity contribution in [2.24, 2.45) is 0 Å². The Labute approximate surface area is 133 Å². The second kappa shape index (κ2) is 6.28. The predicted octanol–water partition coefficient (Wildman–Crippen LogP) is 3.08. The highest BCUT2D eigenvalue weighted by molar-refractivity contribution is 7.71. The van der Waals surface area contributed by atoms with Crippen molar-refractivity contribution in [2.45, 2.75) is 32.7 Å². The van der Waals surface area contributed by atoms with E-state index in [1.54, 1.807) is 22.9 Å². The van der Waals surface area contributed by atoms with Gasteiger partial charge in [0.25, 0.3) is 4.84 Å². The van der Waals surface area contributed by atoms with Gasteiger partial charge >= 0.3 is 0 Å². The summed E-state index contributed by atoms with van der Waals surface area (Å²) in [6.07, 6.45) is 0.326. The molecule has 0 radical (unpaired) electrons. The Hall–Kier alpha value is -1.57. The lowest BCUT2D eigenvalue weighted by atomic mass is 10.2. The van der Waals surface area contributed by atoms with Gasteiger partial charge in [-0.05, 0) is 38.2 Å². The zero-order valence-electron chi connectivity index (χ0n) is 12.5. The third-order valence-electron chi connectivity index (χ3n) is 3.54. The molecule has 2 heterocycles. The summed E-state index contributed by atoms with van der Waals surface area (Å²) in [5.41, 5.74) is 0.316. The molecule has 2 aromatic rings. The summed E-state index contributed by atoms with van der Waals surface area (Å²) < 4.78 is 26.5. The van der Waals surface area contributed by atoms with E-state index in [4.69, 9.17) is 21.4 Å². The molecular formula is C15H18FN3O2S. The topological polar surface area (TPSA) is 43.4 Å². The normalized spacial score (nSPS) is 22.9. The molecule has 0 bridgehead atoms. The molecule has 0 saturated carbocycles. The van der Waals surface area contributed by atoms with Crippen LogP contribution in [0.2, 0.25) is 0 Å². The molecule has 1 aliphatic heterocycles. The molecular weight excluding hydrogens is 305 g/mol. The van der Waals surface area contributed by atoms with Gasteiger partial charge in [-0.3, -0.25) is 4.90 Å². The zero-order valence-corrected chi connectivity index (χ0v) is 13.3. The van der Waals surface area contributed by atoms with E-state index in [1.165, 1.54) is 6.07 Å². The van der Waals surface area contributed by atoms with Crippen LogP contribution in [0, 0.1) is 10.7 Å². The van der Waals surface area contributed by atoms with Gasteiger partial charge in [0.05, 0.1) is 24.4 Å². The Bertz CT molecular complexity index is 705. The van der Waals surface area contributed by atoms with Crippen LogP contribution in [0.15, 0.2) is 28.7 Å². The average molecular weight is 323 g/mol. The van der Waals surface area contributed by atoms with Crippen LogP contribution in [-0.4, -0.2) is 40.0 Å². The highest BCUT2D eigenvalue weighted by atomic mass is 32.1. The molecule has 0 aliphatic carbocycles. The Kier molecular flexibility index (Phi) is 4.37. The van der Waals surface area contributed by atoms with Gasteiger partial charge in [-0.1, -0.05) is 12.1 Å². The van der Waals surface area contributed by atoms with E-state index in [0.717, 1.165) is 13.1 Å². The standard InChI is InChI=1S/C15H18FN3O2S/c1-10-7-18(8-11(2)20-10)9-19-15(22)21-14(17-19)12-5-3-4-6-13(12)16/h3-6,10-11H,7-9H2,1-2H3/t10-,11-/m0/s1. The van der Waals surface area contributed by atoms with Crippen LogP contribution in [-0.2, 0) is 11.4 Å². The second-order valence-electron chi connectivity index (χ2n) is 5.59. The largest absolute Gasteiger partial charge is 0.409 e. The Morgan fingerprint density at radius 1 is 1.27 bits per heavy atom. The molecule has 1 saturated heterocycles. The van der Waals surface area contributed by atoms with Crippen molar-refractivity contribution in [3.63, 3.8) is 0 Å². The lowest BCUT2D eigenvalue weighted by Gasteiger charge is -2.34. The number of halogens is 1. The molecule has 0 unspecified atom stereocenters. The number of morpholine rings is 1. The van der Waals surface area contributed by atoms with Crippen LogP contribution in [0.4, 0.5) is 4.39 Å². The number of rotatable bonds is 3. The van der Waals surface area contributed by atoms with Gasteiger partial charge in [0.1, 0.15) is 5.82 Å². The second-order valence-corrected chi connectivity index (χ2v) is 5.94.